The van der Waals surface area contributed by atoms with Crippen LogP contribution in [-0.4, -0.2) is 55.3 Å². The molecule has 2 heterocycles. The van der Waals surface area contributed by atoms with Crippen molar-refractivity contribution in [3.8, 4) is 11.5 Å². The lowest BCUT2D eigenvalue weighted by atomic mass is 9.85. The molecule has 4 unspecified atom stereocenters. The van der Waals surface area contributed by atoms with Gasteiger partial charge < -0.3 is 24.8 Å². The molecule has 2 aliphatic carbocycles. The monoisotopic (exact) mass is 624 g/mol. The maximum atomic E-state index is 14.2. The van der Waals surface area contributed by atoms with Gasteiger partial charge in [0.25, 0.3) is 5.92 Å². The molecule has 2 amide bonds. The first-order valence-electron chi connectivity index (χ1n) is 15.1. The summed E-state index contributed by atoms with van der Waals surface area (Å²) in [6.07, 6.45) is -2.74. The van der Waals surface area contributed by atoms with Crippen molar-refractivity contribution in [2.45, 2.75) is 93.6 Å². The number of carbonyl (C=O) groups excluding carboxylic acids is 1. The van der Waals surface area contributed by atoms with Crippen LogP contribution >= 0.6 is 0 Å². The number of halogens is 5. The van der Waals surface area contributed by atoms with E-state index in [-0.39, 0.29) is 43.1 Å². The summed E-state index contributed by atoms with van der Waals surface area (Å²) in [6, 6.07) is 11.2. The Bertz CT molecular complexity index is 1330. The highest BCUT2D eigenvalue weighted by Gasteiger charge is 2.62. The van der Waals surface area contributed by atoms with E-state index in [1.807, 2.05) is 6.92 Å². The van der Waals surface area contributed by atoms with Crippen molar-refractivity contribution >= 4 is 11.7 Å². The average molecular weight is 625 g/mol. The number of ether oxygens (including phenoxy) is 3. The molecule has 2 aromatic rings. The lowest BCUT2D eigenvalue weighted by Crippen LogP contribution is -2.74. The van der Waals surface area contributed by atoms with Gasteiger partial charge >= 0.3 is 12.2 Å². The van der Waals surface area contributed by atoms with E-state index in [1.165, 1.54) is 18.2 Å². The Kier molecular flexibility index (Phi) is 8.16. The highest BCUT2D eigenvalue weighted by molar-refractivity contribution is 5.89. The molecule has 8 nitrogen and oxygen atoms in total. The minimum absolute atomic E-state index is 0.00678. The summed E-state index contributed by atoms with van der Waals surface area (Å²) in [5.41, 5.74) is -2.66. The van der Waals surface area contributed by atoms with E-state index in [0.717, 1.165) is 25.7 Å². The minimum atomic E-state index is -4.63. The maximum Gasteiger partial charge on any atom is 0.421 e. The van der Waals surface area contributed by atoms with Crippen LogP contribution in [0.2, 0.25) is 0 Å². The van der Waals surface area contributed by atoms with Gasteiger partial charge in [-0.25, -0.2) is 13.6 Å². The molecule has 4 aliphatic rings. The Hall–Kier alpha value is -3.16. The number of urea groups is 1. The molecule has 4 fully saturated rings. The number of hydrogen-bond acceptors (Lipinski definition) is 6. The number of alkyl halides is 5. The summed E-state index contributed by atoms with van der Waals surface area (Å²) >= 11 is 0. The lowest BCUT2D eigenvalue weighted by Gasteiger charge is -2.48. The maximum absolute atomic E-state index is 14.2. The van der Waals surface area contributed by atoms with E-state index < -0.39 is 47.8 Å². The zero-order valence-electron chi connectivity index (χ0n) is 24.3. The predicted octanol–water partition coefficient (Wildman–Crippen LogP) is 6.04. The first kappa shape index (κ1) is 30.8. The third-order valence-corrected chi connectivity index (χ3v) is 9.29. The summed E-state index contributed by atoms with van der Waals surface area (Å²) in [5, 5.41) is 12.6. The second-order valence-corrected chi connectivity index (χ2v) is 12.4. The fourth-order valence-electron chi connectivity index (χ4n) is 6.65. The molecule has 2 saturated heterocycles. The fraction of sp³-hybridized carbons (Fsp3) is 0.581. The zero-order chi connectivity index (χ0) is 31.2. The van der Waals surface area contributed by atoms with E-state index in [1.54, 1.807) is 30.3 Å². The Morgan fingerprint density at radius 3 is 2.32 bits per heavy atom. The first-order chi connectivity index (χ1) is 20.9. The summed E-state index contributed by atoms with van der Waals surface area (Å²) < 4.78 is 85.9. The van der Waals surface area contributed by atoms with Crippen LogP contribution in [0.25, 0.3) is 0 Å². The highest BCUT2D eigenvalue weighted by Crippen LogP contribution is 2.52. The lowest BCUT2D eigenvalue weighted by molar-refractivity contribution is -0.334. The van der Waals surface area contributed by atoms with Crippen molar-refractivity contribution in [2.75, 3.05) is 18.5 Å². The number of rotatable bonds is 8. The van der Waals surface area contributed by atoms with E-state index in [4.69, 9.17) is 14.2 Å². The number of anilines is 1. The Morgan fingerprint density at radius 1 is 1.02 bits per heavy atom. The number of carbonyl (C=O) groups is 1. The number of amides is 2. The van der Waals surface area contributed by atoms with Gasteiger partial charge in [0.15, 0.2) is 11.8 Å². The second kappa shape index (κ2) is 11.6. The molecule has 2 saturated carbocycles. The molecule has 0 spiro atoms. The van der Waals surface area contributed by atoms with Crippen molar-refractivity contribution in [1.29, 1.82) is 0 Å². The summed E-state index contributed by atoms with van der Waals surface area (Å²) in [4.78, 5) is 13.1. The molecule has 44 heavy (non-hydrogen) atoms. The third-order valence-electron chi connectivity index (χ3n) is 9.29. The van der Waals surface area contributed by atoms with Crippen molar-refractivity contribution < 1.29 is 41.0 Å². The van der Waals surface area contributed by atoms with Crippen LogP contribution in [-0.2, 0) is 10.3 Å². The molecule has 2 aromatic carbocycles. The topological polar surface area (TPSA) is 92.9 Å². The van der Waals surface area contributed by atoms with E-state index in [2.05, 4.69) is 21.3 Å². The molecule has 4 N–H and O–H groups in total. The molecule has 4 atom stereocenters. The van der Waals surface area contributed by atoms with E-state index in [0.29, 0.717) is 18.0 Å². The number of para-hydroxylation sites is 1. The van der Waals surface area contributed by atoms with Crippen LogP contribution in [0, 0.1) is 5.92 Å². The zero-order valence-corrected chi connectivity index (χ0v) is 24.3. The second-order valence-electron chi connectivity index (χ2n) is 12.4. The molecule has 0 radical (unpaired) electrons. The van der Waals surface area contributed by atoms with Gasteiger partial charge in [-0.1, -0.05) is 31.0 Å². The molecule has 0 bridgehead atoms. The summed E-state index contributed by atoms with van der Waals surface area (Å²) in [6.45, 7) is 2.31. The number of nitrogens with one attached hydrogen (secondary N) is 4. The van der Waals surface area contributed by atoms with Crippen LogP contribution in [0.15, 0.2) is 48.5 Å². The highest BCUT2D eigenvalue weighted by atomic mass is 19.4. The van der Waals surface area contributed by atoms with E-state index in [9.17, 15) is 26.7 Å². The predicted molar refractivity (Wildman–Crippen MR) is 152 cm³/mol. The minimum Gasteiger partial charge on any atom is -0.490 e. The van der Waals surface area contributed by atoms with E-state index >= 15 is 0 Å². The standard InChI is InChI=1S/C31H37F5N4O4/c1-28(19-6-2-3-7-19)37-18-24(39-27(41)38-20-10-12-21(13-11-20)43-22-16-29(32,33)17-22)26(40-28)44-25-9-5-4-8-23(25)30(14-15-42-30)31(34,35)36/h4-5,8-13,19,22,24,26,37,40H,2-3,6-7,14-18H2,1H3,(H2,38,39,41). The molecule has 13 heteroatoms. The van der Waals surface area contributed by atoms with Gasteiger partial charge in [0.1, 0.15) is 17.6 Å². The van der Waals surface area contributed by atoms with Gasteiger partial charge in [-0.05, 0) is 56.0 Å². The van der Waals surface area contributed by atoms with Crippen LogP contribution < -0.4 is 30.7 Å². The Morgan fingerprint density at radius 2 is 1.70 bits per heavy atom. The van der Waals surface area contributed by atoms with Crippen LogP contribution in [0.1, 0.15) is 57.4 Å². The van der Waals surface area contributed by atoms with Crippen molar-refractivity contribution in [1.82, 2.24) is 16.0 Å². The molecule has 240 valence electrons. The van der Waals surface area contributed by atoms with Crippen LogP contribution in [0.5, 0.6) is 11.5 Å². The van der Waals surface area contributed by atoms with Gasteiger partial charge in [0, 0.05) is 37.1 Å². The smallest absolute Gasteiger partial charge is 0.421 e. The summed E-state index contributed by atoms with van der Waals surface area (Å²) in [5.74, 6) is -1.95. The molecular formula is C31H37F5N4O4. The van der Waals surface area contributed by atoms with Gasteiger partial charge in [0.2, 0.25) is 0 Å². The van der Waals surface area contributed by atoms with Gasteiger partial charge in [0.05, 0.1) is 18.3 Å². The normalized spacial score (nSPS) is 30.6. The van der Waals surface area contributed by atoms with Gasteiger partial charge in [-0.3, -0.25) is 10.6 Å². The number of benzene rings is 2. The number of hydrogen-bond donors (Lipinski definition) is 4. The average Bonchev–Trinajstić information content (AvgIpc) is 3.46. The summed E-state index contributed by atoms with van der Waals surface area (Å²) in [7, 11) is 0. The first-order valence-corrected chi connectivity index (χ1v) is 15.1. The Balaban J connectivity index is 1.16. The Labute approximate surface area is 252 Å². The quantitative estimate of drug-likeness (QED) is 0.268. The molecular weight excluding hydrogens is 587 g/mol. The van der Waals surface area contributed by atoms with Crippen molar-refractivity contribution in [3.63, 3.8) is 0 Å². The molecule has 6 rings (SSSR count). The van der Waals surface area contributed by atoms with Gasteiger partial charge in [-0.15, -0.1) is 0 Å². The third kappa shape index (κ3) is 6.18. The SMILES string of the molecule is CC1(C2CCCC2)NCC(NC(=O)Nc2ccc(OC3CC(F)(F)C3)cc2)C(Oc2ccccc2C2(C(F)(F)F)CCO2)N1. The van der Waals surface area contributed by atoms with Crippen molar-refractivity contribution in [2.24, 2.45) is 5.92 Å². The van der Waals surface area contributed by atoms with Crippen LogP contribution in [0.3, 0.4) is 0 Å². The van der Waals surface area contributed by atoms with Crippen LogP contribution in [0.4, 0.5) is 32.4 Å². The molecule has 2 aliphatic heterocycles. The largest absolute Gasteiger partial charge is 0.490 e. The van der Waals surface area contributed by atoms with Gasteiger partial charge in [-0.2, -0.15) is 13.2 Å². The van der Waals surface area contributed by atoms with Crippen molar-refractivity contribution in [3.05, 3.63) is 54.1 Å². The fourth-order valence-corrected chi connectivity index (χ4v) is 6.65. The molecule has 0 aromatic heterocycles.